The van der Waals surface area contributed by atoms with Crippen LogP contribution in [0.4, 0.5) is 0 Å². The highest BCUT2D eigenvalue weighted by Gasteiger charge is 2.08. The molecular formula is C20H24N6O4. The molecule has 2 rings (SSSR count). The van der Waals surface area contributed by atoms with Crippen LogP contribution >= 0.6 is 0 Å². The average molecular weight is 412 g/mol. The van der Waals surface area contributed by atoms with Gasteiger partial charge in [0.05, 0.1) is 40.9 Å². The fraction of sp³-hybridized carbons (Fsp3) is 0.200. The number of methoxy groups -OCH3 is 4. The number of hydrogen-bond donors (Lipinski definition) is 2. The summed E-state index contributed by atoms with van der Waals surface area (Å²) >= 11 is 0. The molecule has 0 aliphatic carbocycles. The van der Waals surface area contributed by atoms with E-state index < -0.39 is 0 Å². The summed E-state index contributed by atoms with van der Waals surface area (Å²) in [5, 5.41) is 15.5. The van der Waals surface area contributed by atoms with Crippen molar-refractivity contribution in [2.24, 2.45) is 31.9 Å². The maximum Gasteiger partial charge on any atom is 0.190 e. The summed E-state index contributed by atoms with van der Waals surface area (Å²) in [5.41, 5.74) is 12.9. The quantitative estimate of drug-likeness (QED) is 0.385. The molecule has 0 atom stereocenters. The number of benzene rings is 2. The largest absolute Gasteiger partial charge is 0.493 e. The molecule has 0 fully saturated rings. The Morgan fingerprint density at radius 3 is 1.40 bits per heavy atom. The first-order valence-electron chi connectivity index (χ1n) is 8.71. The molecule has 0 bridgehead atoms. The number of ether oxygens (including phenoxy) is 4. The fourth-order valence-corrected chi connectivity index (χ4v) is 2.44. The zero-order valence-electron chi connectivity index (χ0n) is 17.2. The molecular weight excluding hydrogens is 388 g/mol. The molecule has 0 spiro atoms. The summed E-state index contributed by atoms with van der Waals surface area (Å²) in [6.07, 6.45) is 2.93. The summed E-state index contributed by atoms with van der Waals surface area (Å²) in [5.74, 6) is 2.00. The van der Waals surface area contributed by atoms with E-state index in [0.717, 1.165) is 0 Å². The first-order chi connectivity index (χ1) is 14.5. The molecule has 0 heterocycles. The van der Waals surface area contributed by atoms with E-state index in [0.29, 0.717) is 34.1 Å². The Morgan fingerprint density at radius 1 is 0.667 bits per heavy atom. The molecule has 158 valence electrons. The monoisotopic (exact) mass is 412 g/mol. The van der Waals surface area contributed by atoms with Gasteiger partial charge in [-0.15, -0.1) is 10.2 Å². The van der Waals surface area contributed by atoms with Crippen molar-refractivity contribution in [3.8, 4) is 23.0 Å². The van der Waals surface area contributed by atoms with Crippen molar-refractivity contribution >= 4 is 24.1 Å². The van der Waals surface area contributed by atoms with Crippen LogP contribution in [0.5, 0.6) is 23.0 Å². The molecule has 0 saturated heterocycles. The zero-order chi connectivity index (χ0) is 21.9. The second kappa shape index (κ2) is 11.1. The lowest BCUT2D eigenvalue weighted by Crippen LogP contribution is -2.30. The van der Waals surface area contributed by atoms with Crippen LogP contribution in [0, 0.1) is 0 Å². The van der Waals surface area contributed by atoms with Crippen LogP contribution < -0.4 is 30.4 Å². The Bertz CT molecular complexity index is 906. The van der Waals surface area contributed by atoms with E-state index in [9.17, 15) is 0 Å². The highest BCUT2D eigenvalue weighted by Crippen LogP contribution is 2.30. The van der Waals surface area contributed by atoms with Crippen molar-refractivity contribution in [3.63, 3.8) is 0 Å². The number of para-hydroxylation sites is 2. The summed E-state index contributed by atoms with van der Waals surface area (Å²) in [6.45, 7) is 0. The van der Waals surface area contributed by atoms with E-state index >= 15 is 0 Å². The predicted octanol–water partition coefficient (Wildman–Crippen LogP) is 1.80. The molecule has 10 heteroatoms. The van der Waals surface area contributed by atoms with Gasteiger partial charge in [-0.05, 0) is 24.3 Å². The molecule has 0 amide bonds. The first-order valence-corrected chi connectivity index (χ1v) is 8.71. The van der Waals surface area contributed by atoms with Crippen molar-refractivity contribution < 1.29 is 18.9 Å². The minimum Gasteiger partial charge on any atom is -0.493 e. The summed E-state index contributed by atoms with van der Waals surface area (Å²) < 4.78 is 21.1. The van der Waals surface area contributed by atoms with Crippen molar-refractivity contribution in [2.45, 2.75) is 0 Å². The highest BCUT2D eigenvalue weighted by molar-refractivity contribution is 6.39. The second-order valence-corrected chi connectivity index (χ2v) is 5.63. The number of nitrogens with zero attached hydrogens (tertiary/aromatic N) is 4. The van der Waals surface area contributed by atoms with Crippen LogP contribution in [0.25, 0.3) is 0 Å². The van der Waals surface area contributed by atoms with Gasteiger partial charge in [-0.1, -0.05) is 12.1 Å². The van der Waals surface area contributed by atoms with Gasteiger partial charge in [0.1, 0.15) is 0 Å². The third-order valence-electron chi connectivity index (χ3n) is 3.85. The van der Waals surface area contributed by atoms with E-state index in [2.05, 4.69) is 20.4 Å². The number of amidine groups is 2. The Labute approximate surface area is 174 Å². The van der Waals surface area contributed by atoms with Gasteiger partial charge in [0.15, 0.2) is 34.7 Å². The molecule has 2 aromatic rings. The van der Waals surface area contributed by atoms with Gasteiger partial charge in [-0.2, -0.15) is 10.2 Å². The molecule has 30 heavy (non-hydrogen) atoms. The summed E-state index contributed by atoms with van der Waals surface area (Å²) in [7, 11) is 6.17. The van der Waals surface area contributed by atoms with Crippen LogP contribution in [0.3, 0.4) is 0 Å². The second-order valence-electron chi connectivity index (χ2n) is 5.63. The minimum atomic E-state index is -0.0946. The van der Waals surface area contributed by atoms with Crippen LogP contribution in [-0.4, -0.2) is 52.5 Å². The highest BCUT2D eigenvalue weighted by atomic mass is 16.5. The fourth-order valence-electron chi connectivity index (χ4n) is 2.44. The molecule has 0 saturated carbocycles. The van der Waals surface area contributed by atoms with Gasteiger partial charge in [-0.3, -0.25) is 0 Å². The van der Waals surface area contributed by atoms with Crippen molar-refractivity contribution in [2.75, 3.05) is 28.4 Å². The van der Waals surface area contributed by atoms with Gasteiger partial charge in [0, 0.05) is 11.1 Å². The lowest BCUT2D eigenvalue weighted by Gasteiger charge is -2.09. The van der Waals surface area contributed by atoms with Crippen molar-refractivity contribution in [3.05, 3.63) is 47.5 Å². The first kappa shape index (κ1) is 22.2. The molecule has 0 aliphatic rings. The Balaban J connectivity index is 2.15. The minimum absolute atomic E-state index is 0.0946. The molecule has 0 aromatic heterocycles. The van der Waals surface area contributed by atoms with Crippen molar-refractivity contribution in [1.82, 2.24) is 0 Å². The lowest BCUT2D eigenvalue weighted by molar-refractivity contribution is 0.354. The SMILES string of the molecule is COc1cccc(\C=N/N=C(N)/C(N)=N\N=C/c2cccc(OC)c2OC)c1OC. The van der Waals surface area contributed by atoms with E-state index in [1.807, 2.05) is 0 Å². The third-order valence-corrected chi connectivity index (χ3v) is 3.85. The van der Waals surface area contributed by atoms with E-state index in [-0.39, 0.29) is 11.7 Å². The van der Waals surface area contributed by atoms with Gasteiger partial charge < -0.3 is 30.4 Å². The number of rotatable bonds is 8. The Morgan fingerprint density at radius 2 is 1.07 bits per heavy atom. The maximum absolute atomic E-state index is 5.80. The van der Waals surface area contributed by atoms with Gasteiger partial charge in [-0.25, -0.2) is 0 Å². The normalized spacial score (nSPS) is 12.4. The van der Waals surface area contributed by atoms with Crippen molar-refractivity contribution in [1.29, 1.82) is 0 Å². The average Bonchev–Trinajstić information content (AvgIpc) is 2.78. The van der Waals surface area contributed by atoms with Gasteiger partial charge in [0.2, 0.25) is 0 Å². The van der Waals surface area contributed by atoms with Gasteiger partial charge in [0.25, 0.3) is 0 Å². The van der Waals surface area contributed by atoms with E-state index in [4.69, 9.17) is 30.4 Å². The molecule has 0 aliphatic heterocycles. The smallest absolute Gasteiger partial charge is 0.190 e. The van der Waals surface area contributed by atoms with Crippen LogP contribution in [0.2, 0.25) is 0 Å². The Kier molecular flexibility index (Phi) is 8.18. The standard InChI is InChI=1S/C20H24N6O4/c1-27-15-9-5-7-13(17(15)29-3)11-23-25-19(21)20(22)26-24-12-14-8-6-10-16(28-2)18(14)30-4/h5-12H,1-4H3,(H2,21,25)(H2,22,26)/b23-11-,24-12-. The van der Waals surface area contributed by atoms with Crippen LogP contribution in [0.15, 0.2) is 56.8 Å². The molecule has 0 radical (unpaired) electrons. The molecule has 2 aromatic carbocycles. The third kappa shape index (κ3) is 5.47. The molecule has 0 unspecified atom stereocenters. The number of hydrogen-bond acceptors (Lipinski definition) is 8. The summed E-state index contributed by atoms with van der Waals surface area (Å²) in [6, 6.07) is 10.7. The Hall–Kier alpha value is -4.08. The summed E-state index contributed by atoms with van der Waals surface area (Å²) in [4.78, 5) is 0. The molecule has 4 N–H and O–H groups in total. The predicted molar refractivity (Wildman–Crippen MR) is 118 cm³/mol. The van der Waals surface area contributed by atoms with E-state index in [1.165, 1.54) is 26.6 Å². The topological polar surface area (TPSA) is 138 Å². The van der Waals surface area contributed by atoms with E-state index in [1.54, 1.807) is 50.6 Å². The maximum atomic E-state index is 5.80. The molecule has 10 nitrogen and oxygen atoms in total. The van der Waals surface area contributed by atoms with Crippen LogP contribution in [-0.2, 0) is 0 Å². The number of nitrogens with two attached hydrogens (primary N) is 2. The van der Waals surface area contributed by atoms with Crippen LogP contribution in [0.1, 0.15) is 11.1 Å². The zero-order valence-corrected chi connectivity index (χ0v) is 17.2. The lowest BCUT2D eigenvalue weighted by atomic mass is 10.2. The van der Waals surface area contributed by atoms with Gasteiger partial charge >= 0.3 is 0 Å².